The maximum absolute atomic E-state index is 11.7. The van der Waals surface area contributed by atoms with Gasteiger partial charge in [0.2, 0.25) is 0 Å². The molecule has 0 amide bonds. The Kier molecular flexibility index (Phi) is 2.45. The summed E-state index contributed by atoms with van der Waals surface area (Å²) in [7, 11) is 0. The number of hydrogen-bond donors (Lipinski definition) is 0. The fourth-order valence-corrected chi connectivity index (χ4v) is 2.25. The van der Waals surface area contributed by atoms with Gasteiger partial charge in [0.15, 0.2) is 0 Å². The van der Waals surface area contributed by atoms with E-state index in [0.717, 1.165) is 12.8 Å². The number of ketones is 1. The van der Waals surface area contributed by atoms with Crippen molar-refractivity contribution in [2.45, 2.75) is 51.4 Å². The van der Waals surface area contributed by atoms with E-state index >= 15 is 0 Å². The lowest BCUT2D eigenvalue weighted by Crippen LogP contribution is -2.19. The van der Waals surface area contributed by atoms with Crippen molar-refractivity contribution in [1.82, 2.24) is 0 Å². The summed E-state index contributed by atoms with van der Waals surface area (Å²) in [6, 6.07) is 8.55. The van der Waals surface area contributed by atoms with Gasteiger partial charge in [0.25, 0.3) is 0 Å². The lowest BCUT2D eigenvalue weighted by Gasteiger charge is -2.21. The van der Waals surface area contributed by atoms with Crippen LogP contribution in [0.1, 0.15) is 51.7 Å². The summed E-state index contributed by atoms with van der Waals surface area (Å²) in [4.78, 5) is 11.7. The van der Waals surface area contributed by atoms with Crippen LogP contribution in [0.3, 0.4) is 0 Å². The maximum Gasteiger partial charge on any atom is 0.140 e. The standard InChI is InChI=1S/C15H20O/c1-11(16)15(8-9-15)13-7-5-6-12(10-13)14(2,3)4/h5-7,10H,8-9H2,1-4H3. The highest BCUT2D eigenvalue weighted by Gasteiger charge is 2.48. The molecule has 1 saturated carbocycles. The van der Waals surface area contributed by atoms with E-state index in [1.165, 1.54) is 11.1 Å². The van der Waals surface area contributed by atoms with Gasteiger partial charge in [-0.05, 0) is 36.3 Å². The van der Waals surface area contributed by atoms with Crippen LogP contribution in [0.5, 0.6) is 0 Å². The normalized spacial score (nSPS) is 18.2. The molecule has 0 aliphatic heterocycles. The quantitative estimate of drug-likeness (QED) is 0.738. The predicted octanol–water partition coefficient (Wildman–Crippen LogP) is 3.60. The zero-order chi connectivity index (χ0) is 12.0. The molecule has 1 fully saturated rings. The van der Waals surface area contributed by atoms with Gasteiger partial charge in [0, 0.05) is 0 Å². The summed E-state index contributed by atoms with van der Waals surface area (Å²) in [5.74, 6) is 0.318. The Bertz CT molecular complexity index is 419. The van der Waals surface area contributed by atoms with E-state index < -0.39 is 0 Å². The molecule has 0 spiro atoms. The van der Waals surface area contributed by atoms with E-state index in [4.69, 9.17) is 0 Å². The van der Waals surface area contributed by atoms with Crippen molar-refractivity contribution in [3.63, 3.8) is 0 Å². The van der Waals surface area contributed by atoms with Crippen molar-refractivity contribution in [3.05, 3.63) is 35.4 Å². The van der Waals surface area contributed by atoms with Crippen molar-refractivity contribution >= 4 is 5.78 Å². The molecule has 16 heavy (non-hydrogen) atoms. The molecule has 0 radical (unpaired) electrons. The number of carbonyl (C=O) groups excluding carboxylic acids is 1. The minimum Gasteiger partial charge on any atom is -0.299 e. The number of benzene rings is 1. The van der Waals surface area contributed by atoms with Crippen molar-refractivity contribution in [3.8, 4) is 0 Å². The summed E-state index contributed by atoms with van der Waals surface area (Å²) in [5, 5.41) is 0. The van der Waals surface area contributed by atoms with E-state index in [-0.39, 0.29) is 10.8 Å². The highest BCUT2D eigenvalue weighted by atomic mass is 16.1. The molecular weight excluding hydrogens is 196 g/mol. The Morgan fingerprint density at radius 2 is 1.88 bits per heavy atom. The van der Waals surface area contributed by atoms with Crippen LogP contribution >= 0.6 is 0 Å². The monoisotopic (exact) mass is 216 g/mol. The van der Waals surface area contributed by atoms with Crippen LogP contribution in [0, 0.1) is 0 Å². The Labute approximate surface area is 97.9 Å². The fourth-order valence-electron chi connectivity index (χ4n) is 2.25. The van der Waals surface area contributed by atoms with Gasteiger partial charge in [-0.3, -0.25) is 4.79 Å². The molecule has 2 rings (SSSR count). The van der Waals surface area contributed by atoms with Gasteiger partial charge in [0.05, 0.1) is 5.41 Å². The molecule has 0 atom stereocenters. The van der Waals surface area contributed by atoms with Crippen molar-refractivity contribution in [1.29, 1.82) is 0 Å². The number of rotatable bonds is 2. The van der Waals surface area contributed by atoms with Crippen LogP contribution < -0.4 is 0 Å². The van der Waals surface area contributed by atoms with Gasteiger partial charge in [-0.15, -0.1) is 0 Å². The second kappa shape index (κ2) is 3.44. The smallest absolute Gasteiger partial charge is 0.140 e. The zero-order valence-electron chi connectivity index (χ0n) is 10.6. The molecule has 0 bridgehead atoms. The van der Waals surface area contributed by atoms with Gasteiger partial charge >= 0.3 is 0 Å². The Morgan fingerprint density at radius 3 is 2.31 bits per heavy atom. The van der Waals surface area contributed by atoms with E-state index in [0.29, 0.717) is 5.78 Å². The van der Waals surface area contributed by atoms with E-state index in [2.05, 4.69) is 45.0 Å². The molecule has 1 nitrogen and oxygen atoms in total. The fraction of sp³-hybridized carbons (Fsp3) is 0.533. The minimum absolute atomic E-state index is 0.138. The first-order valence-corrected chi connectivity index (χ1v) is 5.98. The lowest BCUT2D eigenvalue weighted by atomic mass is 9.83. The van der Waals surface area contributed by atoms with Crippen molar-refractivity contribution < 1.29 is 4.79 Å². The second-order valence-electron chi connectivity index (χ2n) is 5.97. The van der Waals surface area contributed by atoms with E-state index in [1.807, 2.05) is 0 Å². The molecule has 0 aromatic heterocycles. The summed E-state index contributed by atoms with van der Waals surface area (Å²) in [6.07, 6.45) is 2.05. The largest absolute Gasteiger partial charge is 0.299 e. The molecule has 1 aromatic rings. The maximum atomic E-state index is 11.7. The topological polar surface area (TPSA) is 17.1 Å². The molecule has 0 heterocycles. The molecule has 0 N–H and O–H groups in total. The third kappa shape index (κ3) is 1.79. The summed E-state index contributed by atoms with van der Waals surface area (Å²) >= 11 is 0. The first kappa shape index (κ1) is 11.4. The third-order valence-electron chi connectivity index (χ3n) is 3.71. The van der Waals surface area contributed by atoms with E-state index in [9.17, 15) is 4.79 Å². The van der Waals surface area contributed by atoms with Crippen molar-refractivity contribution in [2.24, 2.45) is 0 Å². The third-order valence-corrected chi connectivity index (χ3v) is 3.71. The van der Waals surface area contributed by atoms with Crippen LogP contribution in [-0.2, 0) is 15.6 Å². The highest BCUT2D eigenvalue weighted by Crippen LogP contribution is 2.49. The van der Waals surface area contributed by atoms with Crippen LogP contribution in [0.15, 0.2) is 24.3 Å². The second-order valence-corrected chi connectivity index (χ2v) is 5.97. The SMILES string of the molecule is CC(=O)C1(c2cccc(C(C)(C)C)c2)CC1. The van der Waals surface area contributed by atoms with Crippen LogP contribution in [0.25, 0.3) is 0 Å². The molecule has 1 aromatic carbocycles. The van der Waals surface area contributed by atoms with E-state index in [1.54, 1.807) is 6.92 Å². The van der Waals surface area contributed by atoms with Gasteiger partial charge in [-0.25, -0.2) is 0 Å². The molecule has 1 aliphatic rings. The molecule has 1 heteroatoms. The molecule has 1 aliphatic carbocycles. The Balaban J connectivity index is 2.41. The van der Waals surface area contributed by atoms with Crippen molar-refractivity contribution in [2.75, 3.05) is 0 Å². The van der Waals surface area contributed by atoms with Gasteiger partial charge in [-0.2, -0.15) is 0 Å². The molecule has 0 saturated heterocycles. The minimum atomic E-state index is -0.138. The molecule has 0 unspecified atom stereocenters. The van der Waals surface area contributed by atoms with Gasteiger partial charge in [-0.1, -0.05) is 45.0 Å². The zero-order valence-corrected chi connectivity index (χ0v) is 10.6. The number of hydrogen-bond acceptors (Lipinski definition) is 1. The van der Waals surface area contributed by atoms with Gasteiger partial charge < -0.3 is 0 Å². The number of carbonyl (C=O) groups is 1. The Hall–Kier alpha value is -1.11. The molecule has 86 valence electrons. The summed E-state index contributed by atoms with van der Waals surface area (Å²) in [5.41, 5.74) is 2.55. The van der Waals surface area contributed by atoms with Crippen LogP contribution in [0.2, 0.25) is 0 Å². The lowest BCUT2D eigenvalue weighted by molar-refractivity contribution is -0.119. The molecular formula is C15H20O. The summed E-state index contributed by atoms with van der Waals surface area (Å²) < 4.78 is 0. The first-order valence-electron chi connectivity index (χ1n) is 5.98. The number of Topliss-reactive ketones (excluding diaryl/α,β-unsaturated/α-hetero) is 1. The average Bonchev–Trinajstić information content (AvgIpc) is 2.97. The van der Waals surface area contributed by atoms with Crippen LogP contribution in [-0.4, -0.2) is 5.78 Å². The summed E-state index contributed by atoms with van der Waals surface area (Å²) in [6.45, 7) is 8.34. The average molecular weight is 216 g/mol. The Morgan fingerprint density at radius 1 is 1.25 bits per heavy atom. The van der Waals surface area contributed by atoms with Gasteiger partial charge in [0.1, 0.15) is 5.78 Å². The predicted molar refractivity (Wildman–Crippen MR) is 66.7 cm³/mol. The van der Waals surface area contributed by atoms with Crippen LogP contribution in [0.4, 0.5) is 0 Å². The highest BCUT2D eigenvalue weighted by molar-refractivity contribution is 5.91. The first-order chi connectivity index (χ1) is 7.36.